The highest BCUT2D eigenvalue weighted by molar-refractivity contribution is 5.76. The summed E-state index contributed by atoms with van der Waals surface area (Å²) in [6.07, 6.45) is 1.14. The first-order chi connectivity index (χ1) is 12.8. The molecule has 0 fully saturated rings. The van der Waals surface area contributed by atoms with Crippen LogP contribution in [0.4, 0.5) is 4.39 Å². The normalized spacial score (nSPS) is 11.1. The minimum atomic E-state index is -0.294. The molecule has 1 aromatic heterocycles. The number of rotatable bonds is 9. The summed E-state index contributed by atoms with van der Waals surface area (Å²) in [5.41, 5.74) is 3.32. The summed E-state index contributed by atoms with van der Waals surface area (Å²) in [7, 11) is 1.78. The third kappa shape index (κ3) is 6.08. The molecule has 0 radical (unpaired) electrons. The number of aromatic nitrogens is 2. The van der Waals surface area contributed by atoms with Crippen LogP contribution >= 0.6 is 0 Å². The van der Waals surface area contributed by atoms with Crippen molar-refractivity contribution < 1.29 is 13.9 Å². The Morgan fingerprint density at radius 1 is 1.26 bits per heavy atom. The van der Waals surface area contributed by atoms with E-state index in [0.717, 1.165) is 17.9 Å². The molecule has 6 heteroatoms. The minimum absolute atomic E-state index is 0.0770. The quantitative estimate of drug-likeness (QED) is 0.670. The maximum absolute atomic E-state index is 12.9. The van der Waals surface area contributed by atoms with Crippen LogP contribution in [0.2, 0.25) is 0 Å². The standard InChI is InChI=1S/C21H30FN3O2/c1-15(2)14-25-17(4)20(16(3)23-25)10-11-21(26)24(5)12-13-27-19-8-6-18(22)7-9-19/h6-9,15H,10-14H2,1-5H3. The number of benzene rings is 1. The van der Waals surface area contributed by atoms with E-state index in [1.807, 2.05) is 11.6 Å². The lowest BCUT2D eigenvalue weighted by Crippen LogP contribution is -2.31. The lowest BCUT2D eigenvalue weighted by Gasteiger charge is -2.17. The number of amides is 1. The van der Waals surface area contributed by atoms with Crippen molar-refractivity contribution in [2.24, 2.45) is 5.92 Å². The number of ether oxygens (including phenoxy) is 1. The molecule has 5 nitrogen and oxygen atoms in total. The van der Waals surface area contributed by atoms with E-state index >= 15 is 0 Å². The Morgan fingerprint density at radius 2 is 1.93 bits per heavy atom. The molecule has 148 valence electrons. The van der Waals surface area contributed by atoms with Crippen molar-refractivity contribution in [2.45, 2.75) is 47.1 Å². The summed E-state index contributed by atoms with van der Waals surface area (Å²) in [4.78, 5) is 14.1. The van der Waals surface area contributed by atoms with Crippen molar-refractivity contribution in [1.29, 1.82) is 0 Å². The van der Waals surface area contributed by atoms with E-state index in [2.05, 4.69) is 25.9 Å². The van der Waals surface area contributed by atoms with E-state index in [1.54, 1.807) is 24.1 Å². The van der Waals surface area contributed by atoms with Gasteiger partial charge < -0.3 is 9.64 Å². The fourth-order valence-electron chi connectivity index (χ4n) is 3.00. The SMILES string of the molecule is Cc1nn(CC(C)C)c(C)c1CCC(=O)N(C)CCOc1ccc(F)cc1. The van der Waals surface area contributed by atoms with Gasteiger partial charge in [0.2, 0.25) is 5.91 Å². The Balaban J connectivity index is 1.81. The molecule has 0 atom stereocenters. The Morgan fingerprint density at radius 3 is 2.56 bits per heavy atom. The van der Waals surface area contributed by atoms with E-state index in [0.29, 0.717) is 37.7 Å². The summed E-state index contributed by atoms with van der Waals surface area (Å²) < 4.78 is 20.5. The van der Waals surface area contributed by atoms with Crippen molar-refractivity contribution in [3.63, 3.8) is 0 Å². The molecule has 0 aliphatic heterocycles. The van der Waals surface area contributed by atoms with E-state index in [1.165, 1.54) is 17.7 Å². The maximum atomic E-state index is 12.9. The van der Waals surface area contributed by atoms with Crippen LogP contribution in [0.25, 0.3) is 0 Å². The summed E-state index contributed by atoms with van der Waals surface area (Å²) in [6, 6.07) is 5.87. The molecule has 1 heterocycles. The van der Waals surface area contributed by atoms with Crippen LogP contribution in [-0.2, 0) is 17.8 Å². The fourth-order valence-corrected chi connectivity index (χ4v) is 3.00. The summed E-state index contributed by atoms with van der Waals surface area (Å²) in [5.74, 6) is 0.913. The van der Waals surface area contributed by atoms with Crippen LogP contribution in [0.5, 0.6) is 5.75 Å². The molecule has 1 aromatic carbocycles. The van der Waals surface area contributed by atoms with Crippen LogP contribution < -0.4 is 4.74 Å². The van der Waals surface area contributed by atoms with Gasteiger partial charge in [0.25, 0.3) is 0 Å². The molecule has 0 aliphatic rings. The van der Waals surface area contributed by atoms with E-state index in [9.17, 15) is 9.18 Å². The van der Waals surface area contributed by atoms with E-state index in [4.69, 9.17) is 4.74 Å². The van der Waals surface area contributed by atoms with Crippen molar-refractivity contribution in [3.8, 4) is 5.75 Å². The lowest BCUT2D eigenvalue weighted by molar-refractivity contribution is -0.130. The van der Waals surface area contributed by atoms with Crippen molar-refractivity contribution in [3.05, 3.63) is 47.0 Å². The van der Waals surface area contributed by atoms with Crippen molar-refractivity contribution in [1.82, 2.24) is 14.7 Å². The number of carbonyl (C=O) groups is 1. The Labute approximate surface area is 161 Å². The topological polar surface area (TPSA) is 47.4 Å². The number of hydrogen-bond acceptors (Lipinski definition) is 3. The molecule has 0 aliphatic carbocycles. The highest BCUT2D eigenvalue weighted by atomic mass is 19.1. The fraction of sp³-hybridized carbons (Fsp3) is 0.524. The zero-order chi connectivity index (χ0) is 20.0. The molecule has 2 rings (SSSR count). The highest BCUT2D eigenvalue weighted by Crippen LogP contribution is 2.17. The first kappa shape index (κ1) is 20.9. The predicted molar refractivity (Wildman–Crippen MR) is 104 cm³/mol. The van der Waals surface area contributed by atoms with Gasteiger partial charge in [-0.2, -0.15) is 5.10 Å². The molecule has 0 unspecified atom stereocenters. The molecule has 27 heavy (non-hydrogen) atoms. The van der Waals surface area contributed by atoms with Gasteiger partial charge in [-0.15, -0.1) is 0 Å². The average molecular weight is 375 g/mol. The van der Waals surface area contributed by atoms with Gasteiger partial charge in [0.15, 0.2) is 0 Å². The summed E-state index contributed by atoms with van der Waals surface area (Å²) >= 11 is 0. The Kier molecular flexibility index (Phi) is 7.39. The van der Waals surface area contributed by atoms with Gasteiger partial charge in [-0.3, -0.25) is 9.48 Å². The molecule has 2 aromatic rings. The second kappa shape index (κ2) is 9.53. The third-order valence-electron chi connectivity index (χ3n) is 4.59. The van der Waals surface area contributed by atoms with Gasteiger partial charge >= 0.3 is 0 Å². The van der Waals surface area contributed by atoms with Crippen LogP contribution in [-0.4, -0.2) is 40.8 Å². The zero-order valence-electron chi connectivity index (χ0n) is 17.0. The molecule has 0 saturated carbocycles. The molecule has 0 saturated heterocycles. The smallest absolute Gasteiger partial charge is 0.222 e. The molecular formula is C21H30FN3O2. The number of hydrogen-bond donors (Lipinski definition) is 0. The monoisotopic (exact) mass is 375 g/mol. The second-order valence-electron chi connectivity index (χ2n) is 7.34. The third-order valence-corrected chi connectivity index (χ3v) is 4.59. The second-order valence-corrected chi connectivity index (χ2v) is 7.34. The molecule has 0 spiro atoms. The largest absolute Gasteiger partial charge is 0.492 e. The number of aryl methyl sites for hydroxylation is 1. The Hall–Kier alpha value is -2.37. The van der Waals surface area contributed by atoms with Gasteiger partial charge in [-0.05, 0) is 56.0 Å². The van der Waals surface area contributed by atoms with Crippen LogP contribution in [0.3, 0.4) is 0 Å². The summed E-state index contributed by atoms with van der Waals surface area (Å²) in [5, 5.41) is 4.61. The predicted octanol–water partition coefficient (Wildman–Crippen LogP) is 3.77. The first-order valence-corrected chi connectivity index (χ1v) is 9.43. The average Bonchev–Trinajstić information content (AvgIpc) is 2.87. The molecule has 0 N–H and O–H groups in total. The van der Waals surface area contributed by atoms with Gasteiger partial charge in [0.05, 0.1) is 12.2 Å². The zero-order valence-corrected chi connectivity index (χ0v) is 17.0. The number of halogens is 1. The number of likely N-dealkylation sites (N-methyl/N-ethyl adjacent to an activating group) is 1. The lowest BCUT2D eigenvalue weighted by atomic mass is 10.1. The summed E-state index contributed by atoms with van der Waals surface area (Å²) in [6.45, 7) is 10.2. The molecule has 1 amide bonds. The van der Waals surface area contributed by atoms with Crippen molar-refractivity contribution in [2.75, 3.05) is 20.2 Å². The first-order valence-electron chi connectivity index (χ1n) is 9.43. The van der Waals surface area contributed by atoms with E-state index < -0.39 is 0 Å². The van der Waals surface area contributed by atoms with Gasteiger partial charge in [0, 0.05) is 25.7 Å². The van der Waals surface area contributed by atoms with Crippen LogP contribution in [0.15, 0.2) is 24.3 Å². The van der Waals surface area contributed by atoms with Gasteiger partial charge in [0.1, 0.15) is 18.2 Å². The highest BCUT2D eigenvalue weighted by Gasteiger charge is 2.15. The number of nitrogens with zero attached hydrogens (tertiary/aromatic N) is 3. The van der Waals surface area contributed by atoms with Gasteiger partial charge in [-0.1, -0.05) is 13.8 Å². The molecular weight excluding hydrogens is 345 g/mol. The maximum Gasteiger partial charge on any atom is 0.222 e. The number of carbonyl (C=O) groups excluding carboxylic acids is 1. The van der Waals surface area contributed by atoms with Gasteiger partial charge in [-0.25, -0.2) is 4.39 Å². The minimum Gasteiger partial charge on any atom is -0.492 e. The van der Waals surface area contributed by atoms with Crippen LogP contribution in [0.1, 0.15) is 37.2 Å². The van der Waals surface area contributed by atoms with E-state index in [-0.39, 0.29) is 11.7 Å². The van der Waals surface area contributed by atoms with Crippen molar-refractivity contribution >= 4 is 5.91 Å². The molecule has 0 bridgehead atoms. The van der Waals surface area contributed by atoms with Crippen LogP contribution in [0, 0.1) is 25.6 Å². The Bertz CT molecular complexity index is 754.